The second-order valence-electron chi connectivity index (χ2n) is 3.26. The van der Waals surface area contributed by atoms with E-state index in [0.717, 1.165) is 0 Å². The molecule has 0 amide bonds. The topological polar surface area (TPSA) is 84.2 Å². The van der Waals surface area contributed by atoms with Crippen LogP contribution in [0.25, 0.3) is 10.9 Å². The lowest BCUT2D eigenvalue weighted by atomic mass is 10.2. The van der Waals surface area contributed by atoms with Crippen LogP contribution < -0.4 is 20.7 Å². The molecule has 2 N–H and O–H groups in total. The minimum absolute atomic E-state index is 0.0499. The fourth-order valence-electron chi connectivity index (χ4n) is 1.59. The number of aromatic nitrogens is 2. The fraction of sp³-hybridized carbons (Fsp3) is 0.200. The van der Waals surface area contributed by atoms with Crippen molar-refractivity contribution in [3.8, 4) is 11.5 Å². The maximum absolute atomic E-state index is 14.0. The Bertz CT molecular complexity index is 689. The number of rotatable bonds is 2. The number of H-pyrrole nitrogens is 2. The number of nitrogens with one attached hydrogen (secondary N) is 2. The van der Waals surface area contributed by atoms with Crippen molar-refractivity contribution < 1.29 is 13.9 Å². The van der Waals surface area contributed by atoms with Gasteiger partial charge in [0, 0.05) is 6.07 Å². The normalized spacial score (nSPS) is 10.5. The van der Waals surface area contributed by atoms with Crippen LogP contribution in [0.1, 0.15) is 0 Å². The van der Waals surface area contributed by atoms with Crippen LogP contribution in [-0.2, 0) is 0 Å². The summed E-state index contributed by atoms with van der Waals surface area (Å²) in [6.45, 7) is 0. The SMILES string of the molecule is COc1cc2[nH]c(=O)[nH]c(=O)c2c(F)c1OC. The highest BCUT2D eigenvalue weighted by molar-refractivity contribution is 5.82. The van der Waals surface area contributed by atoms with Gasteiger partial charge in [-0.3, -0.25) is 9.78 Å². The van der Waals surface area contributed by atoms with E-state index in [0.29, 0.717) is 0 Å². The van der Waals surface area contributed by atoms with E-state index in [1.807, 2.05) is 4.98 Å². The van der Waals surface area contributed by atoms with Crippen LogP contribution >= 0.6 is 0 Å². The van der Waals surface area contributed by atoms with Gasteiger partial charge in [-0.1, -0.05) is 0 Å². The van der Waals surface area contributed by atoms with Gasteiger partial charge >= 0.3 is 5.69 Å². The molecule has 0 aliphatic heterocycles. The third kappa shape index (κ3) is 1.65. The Morgan fingerprint density at radius 3 is 2.47 bits per heavy atom. The van der Waals surface area contributed by atoms with Crippen LogP contribution in [0.2, 0.25) is 0 Å². The zero-order valence-corrected chi connectivity index (χ0v) is 9.09. The molecule has 1 heterocycles. The van der Waals surface area contributed by atoms with E-state index in [1.165, 1.54) is 20.3 Å². The van der Waals surface area contributed by atoms with E-state index < -0.39 is 17.1 Å². The van der Waals surface area contributed by atoms with Crippen molar-refractivity contribution in [1.29, 1.82) is 0 Å². The highest BCUT2D eigenvalue weighted by atomic mass is 19.1. The Hall–Kier alpha value is -2.31. The Labute approximate surface area is 94.0 Å². The van der Waals surface area contributed by atoms with Crippen molar-refractivity contribution in [2.75, 3.05) is 14.2 Å². The van der Waals surface area contributed by atoms with Crippen LogP contribution in [0.15, 0.2) is 15.7 Å². The second kappa shape index (κ2) is 3.93. The summed E-state index contributed by atoms with van der Waals surface area (Å²) in [6.07, 6.45) is 0. The van der Waals surface area contributed by atoms with Crippen LogP contribution in [-0.4, -0.2) is 24.2 Å². The maximum Gasteiger partial charge on any atom is 0.326 e. The number of hydrogen-bond acceptors (Lipinski definition) is 4. The second-order valence-corrected chi connectivity index (χ2v) is 3.26. The zero-order valence-electron chi connectivity index (χ0n) is 9.09. The molecule has 0 aliphatic rings. The third-order valence-corrected chi connectivity index (χ3v) is 2.31. The first-order valence-corrected chi connectivity index (χ1v) is 4.65. The molecule has 0 bridgehead atoms. The van der Waals surface area contributed by atoms with E-state index in [4.69, 9.17) is 9.47 Å². The van der Waals surface area contributed by atoms with Crippen molar-refractivity contribution in [2.24, 2.45) is 0 Å². The molecule has 7 heteroatoms. The number of halogens is 1. The molecule has 0 aliphatic carbocycles. The number of fused-ring (bicyclic) bond motifs is 1. The van der Waals surface area contributed by atoms with E-state index in [1.54, 1.807) is 0 Å². The standard InChI is InChI=1S/C10H9FN2O4/c1-16-5-3-4-6(7(11)8(5)17-2)9(14)13-10(15)12-4/h3H,1-2H3,(H2,12,13,14,15). The zero-order chi connectivity index (χ0) is 12.6. The maximum atomic E-state index is 14.0. The van der Waals surface area contributed by atoms with Gasteiger partial charge in [0.15, 0.2) is 17.3 Å². The van der Waals surface area contributed by atoms with Crippen molar-refractivity contribution in [3.63, 3.8) is 0 Å². The lowest BCUT2D eigenvalue weighted by molar-refractivity contribution is 0.339. The predicted molar refractivity (Wildman–Crippen MR) is 58.3 cm³/mol. The van der Waals surface area contributed by atoms with Crippen molar-refractivity contribution in [1.82, 2.24) is 9.97 Å². The quantitative estimate of drug-likeness (QED) is 0.794. The van der Waals surface area contributed by atoms with Gasteiger partial charge < -0.3 is 14.5 Å². The molecule has 0 spiro atoms. The lowest BCUT2D eigenvalue weighted by Crippen LogP contribution is -2.22. The number of benzene rings is 1. The molecule has 17 heavy (non-hydrogen) atoms. The molecule has 1 aromatic heterocycles. The van der Waals surface area contributed by atoms with Crippen LogP contribution in [0, 0.1) is 5.82 Å². The fourth-order valence-corrected chi connectivity index (χ4v) is 1.59. The molecule has 2 rings (SSSR count). The lowest BCUT2D eigenvalue weighted by Gasteiger charge is -2.09. The van der Waals surface area contributed by atoms with Crippen molar-refractivity contribution >= 4 is 10.9 Å². The summed E-state index contributed by atoms with van der Waals surface area (Å²) in [6, 6.07) is 1.33. The minimum atomic E-state index is -0.876. The summed E-state index contributed by atoms with van der Waals surface area (Å²) in [4.78, 5) is 26.8. The summed E-state index contributed by atoms with van der Waals surface area (Å²) >= 11 is 0. The molecule has 0 atom stereocenters. The molecule has 0 fully saturated rings. The highest BCUT2D eigenvalue weighted by Crippen LogP contribution is 2.33. The Morgan fingerprint density at radius 2 is 1.88 bits per heavy atom. The van der Waals surface area contributed by atoms with Gasteiger partial charge in [0.25, 0.3) is 5.56 Å². The van der Waals surface area contributed by atoms with E-state index in [-0.39, 0.29) is 22.4 Å². The van der Waals surface area contributed by atoms with Gasteiger partial charge in [0.05, 0.1) is 19.7 Å². The molecule has 1 aromatic carbocycles. The van der Waals surface area contributed by atoms with Gasteiger partial charge in [-0.15, -0.1) is 0 Å². The minimum Gasteiger partial charge on any atom is -0.493 e. The monoisotopic (exact) mass is 240 g/mol. The summed E-state index contributed by atoms with van der Waals surface area (Å²) in [7, 11) is 2.58. The predicted octanol–water partition coefficient (Wildman–Crippen LogP) is 0.373. The van der Waals surface area contributed by atoms with E-state index in [2.05, 4.69) is 4.98 Å². The number of methoxy groups -OCH3 is 2. The number of aromatic amines is 2. The molecular formula is C10H9FN2O4. The van der Waals surface area contributed by atoms with Gasteiger partial charge in [-0.05, 0) is 0 Å². The smallest absolute Gasteiger partial charge is 0.326 e. The number of ether oxygens (including phenoxy) is 2. The van der Waals surface area contributed by atoms with Crippen molar-refractivity contribution in [3.05, 3.63) is 32.7 Å². The number of hydrogen-bond donors (Lipinski definition) is 2. The van der Waals surface area contributed by atoms with Gasteiger partial charge in [0.2, 0.25) is 0 Å². The van der Waals surface area contributed by atoms with Crippen molar-refractivity contribution in [2.45, 2.75) is 0 Å². The molecule has 0 saturated carbocycles. The van der Waals surface area contributed by atoms with Crippen LogP contribution in [0.5, 0.6) is 11.5 Å². The average molecular weight is 240 g/mol. The van der Waals surface area contributed by atoms with Gasteiger partial charge in [-0.25, -0.2) is 9.18 Å². The third-order valence-electron chi connectivity index (χ3n) is 2.31. The molecule has 0 unspecified atom stereocenters. The van der Waals surface area contributed by atoms with Crippen LogP contribution in [0.3, 0.4) is 0 Å². The summed E-state index contributed by atoms with van der Waals surface area (Å²) in [5.41, 5.74) is -1.48. The van der Waals surface area contributed by atoms with E-state index in [9.17, 15) is 14.0 Å². The summed E-state index contributed by atoms with van der Waals surface area (Å²) in [5.74, 6) is -0.962. The first-order valence-electron chi connectivity index (χ1n) is 4.65. The van der Waals surface area contributed by atoms with Gasteiger partial charge in [-0.2, -0.15) is 0 Å². The first kappa shape index (κ1) is 11.2. The first-order chi connectivity index (χ1) is 8.08. The largest absolute Gasteiger partial charge is 0.493 e. The molecular weight excluding hydrogens is 231 g/mol. The Kier molecular flexibility index (Phi) is 2.58. The molecule has 0 radical (unpaired) electrons. The summed E-state index contributed by atoms with van der Waals surface area (Å²) in [5, 5.41) is -0.276. The molecule has 6 nitrogen and oxygen atoms in total. The Morgan fingerprint density at radius 1 is 1.18 bits per heavy atom. The Balaban J connectivity index is 3.01. The van der Waals surface area contributed by atoms with Gasteiger partial charge in [0.1, 0.15) is 5.39 Å². The molecule has 90 valence electrons. The average Bonchev–Trinajstić information content (AvgIpc) is 2.27. The highest BCUT2D eigenvalue weighted by Gasteiger charge is 2.17. The molecule has 2 aromatic rings. The molecule has 0 saturated heterocycles. The van der Waals surface area contributed by atoms with Crippen LogP contribution in [0.4, 0.5) is 4.39 Å². The summed E-state index contributed by atoms with van der Waals surface area (Å²) < 4.78 is 23.7. The van der Waals surface area contributed by atoms with E-state index >= 15 is 0 Å².